The lowest BCUT2D eigenvalue weighted by Gasteiger charge is -2.35. The molecule has 1 rings (SSSR count). The Balaban J connectivity index is 2.17. The molecular weight excluding hydrogens is 198 g/mol. The van der Waals surface area contributed by atoms with Gasteiger partial charge in [-0.3, -0.25) is 0 Å². The fourth-order valence-electron chi connectivity index (χ4n) is 2.04. The SMILES string of the molecule is CC(C)C(C)COC1CCN(C(C)C)CC1. The van der Waals surface area contributed by atoms with E-state index in [0.29, 0.717) is 18.1 Å². The van der Waals surface area contributed by atoms with Crippen LogP contribution in [0.3, 0.4) is 0 Å². The largest absolute Gasteiger partial charge is 0.378 e. The average Bonchev–Trinajstić information content (AvgIpc) is 2.26. The molecule has 0 aliphatic carbocycles. The summed E-state index contributed by atoms with van der Waals surface area (Å²) < 4.78 is 6.01. The lowest BCUT2D eigenvalue weighted by Crippen LogP contribution is -2.41. The van der Waals surface area contributed by atoms with Crippen molar-refractivity contribution in [3.05, 3.63) is 0 Å². The highest BCUT2D eigenvalue weighted by atomic mass is 16.5. The zero-order valence-corrected chi connectivity index (χ0v) is 11.7. The van der Waals surface area contributed by atoms with E-state index in [9.17, 15) is 0 Å². The fourth-order valence-corrected chi connectivity index (χ4v) is 2.04. The molecule has 0 N–H and O–H groups in total. The van der Waals surface area contributed by atoms with Crippen molar-refractivity contribution in [1.82, 2.24) is 4.90 Å². The first-order valence-corrected chi connectivity index (χ1v) is 6.86. The van der Waals surface area contributed by atoms with Crippen LogP contribution in [0, 0.1) is 11.8 Å². The van der Waals surface area contributed by atoms with Gasteiger partial charge < -0.3 is 9.64 Å². The molecule has 16 heavy (non-hydrogen) atoms. The van der Waals surface area contributed by atoms with Crippen LogP contribution in [0.25, 0.3) is 0 Å². The Morgan fingerprint density at radius 1 is 1.06 bits per heavy atom. The van der Waals surface area contributed by atoms with E-state index < -0.39 is 0 Å². The van der Waals surface area contributed by atoms with Gasteiger partial charge in [0.25, 0.3) is 0 Å². The minimum atomic E-state index is 0.510. The second-order valence-electron chi connectivity index (χ2n) is 5.88. The molecule has 0 saturated carbocycles. The Labute approximate surface area is 101 Å². The molecule has 96 valence electrons. The van der Waals surface area contributed by atoms with Crippen LogP contribution in [-0.2, 0) is 4.74 Å². The van der Waals surface area contributed by atoms with Gasteiger partial charge in [-0.05, 0) is 38.5 Å². The number of rotatable bonds is 5. The van der Waals surface area contributed by atoms with Crippen molar-refractivity contribution < 1.29 is 4.74 Å². The summed E-state index contributed by atoms with van der Waals surface area (Å²) in [7, 11) is 0. The maximum Gasteiger partial charge on any atom is 0.0599 e. The average molecular weight is 227 g/mol. The van der Waals surface area contributed by atoms with Crippen molar-refractivity contribution in [2.45, 2.75) is 59.6 Å². The van der Waals surface area contributed by atoms with E-state index in [-0.39, 0.29) is 0 Å². The quantitative estimate of drug-likeness (QED) is 0.715. The van der Waals surface area contributed by atoms with Crippen LogP contribution in [-0.4, -0.2) is 36.7 Å². The predicted molar refractivity (Wildman–Crippen MR) is 69.7 cm³/mol. The van der Waals surface area contributed by atoms with Gasteiger partial charge in [-0.15, -0.1) is 0 Å². The van der Waals surface area contributed by atoms with Crippen molar-refractivity contribution in [2.75, 3.05) is 19.7 Å². The van der Waals surface area contributed by atoms with E-state index in [0.717, 1.165) is 12.5 Å². The molecular formula is C14H29NO. The lowest BCUT2D eigenvalue weighted by molar-refractivity contribution is -0.0176. The number of nitrogens with zero attached hydrogens (tertiary/aromatic N) is 1. The molecule has 0 aromatic heterocycles. The maximum atomic E-state index is 6.01. The Morgan fingerprint density at radius 2 is 1.62 bits per heavy atom. The third-order valence-corrected chi connectivity index (χ3v) is 3.94. The molecule has 1 heterocycles. The molecule has 2 heteroatoms. The zero-order chi connectivity index (χ0) is 12.1. The van der Waals surface area contributed by atoms with Gasteiger partial charge in [-0.1, -0.05) is 20.8 Å². The molecule has 2 nitrogen and oxygen atoms in total. The smallest absolute Gasteiger partial charge is 0.0599 e. The van der Waals surface area contributed by atoms with E-state index in [1.54, 1.807) is 0 Å². The van der Waals surface area contributed by atoms with Crippen LogP contribution < -0.4 is 0 Å². The van der Waals surface area contributed by atoms with Crippen LogP contribution >= 0.6 is 0 Å². The van der Waals surface area contributed by atoms with Crippen LogP contribution in [0.1, 0.15) is 47.5 Å². The van der Waals surface area contributed by atoms with Crippen molar-refractivity contribution in [3.8, 4) is 0 Å². The Bertz CT molecular complexity index is 183. The van der Waals surface area contributed by atoms with Gasteiger partial charge in [0, 0.05) is 25.7 Å². The highest BCUT2D eigenvalue weighted by Gasteiger charge is 2.21. The van der Waals surface area contributed by atoms with Gasteiger partial charge in [0.1, 0.15) is 0 Å². The van der Waals surface area contributed by atoms with Gasteiger partial charge in [-0.25, -0.2) is 0 Å². The summed E-state index contributed by atoms with van der Waals surface area (Å²) in [5.74, 6) is 1.42. The second kappa shape index (κ2) is 6.61. The van der Waals surface area contributed by atoms with Crippen LogP contribution in [0.4, 0.5) is 0 Å². The van der Waals surface area contributed by atoms with E-state index in [1.807, 2.05) is 0 Å². The summed E-state index contributed by atoms with van der Waals surface area (Å²) >= 11 is 0. The molecule has 0 radical (unpaired) electrons. The van der Waals surface area contributed by atoms with E-state index in [1.165, 1.54) is 25.9 Å². The standard InChI is InChI=1S/C14H29NO/c1-11(2)13(5)10-16-14-6-8-15(9-7-14)12(3)4/h11-14H,6-10H2,1-5H3. The van der Waals surface area contributed by atoms with Gasteiger partial charge in [0.2, 0.25) is 0 Å². The van der Waals surface area contributed by atoms with E-state index >= 15 is 0 Å². The lowest BCUT2D eigenvalue weighted by atomic mass is 9.99. The molecule has 0 aromatic rings. The Morgan fingerprint density at radius 3 is 2.06 bits per heavy atom. The molecule has 1 atom stereocenters. The Hall–Kier alpha value is -0.0800. The van der Waals surface area contributed by atoms with Crippen molar-refractivity contribution in [1.29, 1.82) is 0 Å². The molecule has 0 bridgehead atoms. The summed E-state index contributed by atoms with van der Waals surface area (Å²) in [5.41, 5.74) is 0. The number of hydrogen-bond donors (Lipinski definition) is 0. The highest BCUT2D eigenvalue weighted by Crippen LogP contribution is 2.18. The normalized spacial score (nSPS) is 21.9. The first kappa shape index (κ1) is 14.0. The summed E-state index contributed by atoms with van der Waals surface area (Å²) in [6.45, 7) is 14.7. The Kier molecular flexibility index (Phi) is 5.77. The molecule has 0 spiro atoms. The summed E-state index contributed by atoms with van der Waals surface area (Å²) in [6, 6.07) is 0.690. The molecule has 1 fully saturated rings. The van der Waals surface area contributed by atoms with Gasteiger partial charge in [0.15, 0.2) is 0 Å². The number of piperidine rings is 1. The van der Waals surface area contributed by atoms with Gasteiger partial charge in [0.05, 0.1) is 6.10 Å². The molecule has 0 aromatic carbocycles. The molecule has 1 saturated heterocycles. The third-order valence-electron chi connectivity index (χ3n) is 3.94. The molecule has 0 amide bonds. The highest BCUT2D eigenvalue weighted by molar-refractivity contribution is 4.75. The molecule has 1 unspecified atom stereocenters. The molecule has 1 aliphatic heterocycles. The minimum Gasteiger partial charge on any atom is -0.378 e. The first-order valence-electron chi connectivity index (χ1n) is 6.86. The second-order valence-corrected chi connectivity index (χ2v) is 5.88. The predicted octanol–water partition coefficient (Wildman–Crippen LogP) is 3.17. The number of ether oxygens (including phenoxy) is 1. The van der Waals surface area contributed by atoms with Crippen LogP contribution in [0.5, 0.6) is 0 Å². The van der Waals surface area contributed by atoms with Gasteiger partial charge in [-0.2, -0.15) is 0 Å². The number of hydrogen-bond acceptors (Lipinski definition) is 2. The number of likely N-dealkylation sites (tertiary alicyclic amines) is 1. The monoisotopic (exact) mass is 227 g/mol. The van der Waals surface area contributed by atoms with Crippen molar-refractivity contribution >= 4 is 0 Å². The summed E-state index contributed by atoms with van der Waals surface area (Å²) in [4.78, 5) is 2.55. The fraction of sp³-hybridized carbons (Fsp3) is 1.00. The van der Waals surface area contributed by atoms with E-state index in [4.69, 9.17) is 4.74 Å². The third kappa shape index (κ3) is 4.42. The van der Waals surface area contributed by atoms with Crippen molar-refractivity contribution in [3.63, 3.8) is 0 Å². The van der Waals surface area contributed by atoms with E-state index in [2.05, 4.69) is 39.5 Å². The van der Waals surface area contributed by atoms with Crippen molar-refractivity contribution in [2.24, 2.45) is 11.8 Å². The molecule has 1 aliphatic rings. The first-order chi connectivity index (χ1) is 7.50. The van der Waals surface area contributed by atoms with Gasteiger partial charge >= 0.3 is 0 Å². The van der Waals surface area contributed by atoms with Crippen LogP contribution in [0.2, 0.25) is 0 Å². The topological polar surface area (TPSA) is 12.5 Å². The summed E-state index contributed by atoms with van der Waals surface area (Å²) in [5, 5.41) is 0. The summed E-state index contributed by atoms with van der Waals surface area (Å²) in [6.07, 6.45) is 2.93. The van der Waals surface area contributed by atoms with Crippen LogP contribution in [0.15, 0.2) is 0 Å². The minimum absolute atomic E-state index is 0.510. The maximum absolute atomic E-state index is 6.01. The zero-order valence-electron chi connectivity index (χ0n) is 11.7.